The zero-order chi connectivity index (χ0) is 23.3. The van der Waals surface area contributed by atoms with Crippen LogP contribution in [0.3, 0.4) is 0 Å². The molecule has 0 unspecified atom stereocenters. The Morgan fingerprint density at radius 1 is 1.00 bits per heavy atom. The molecule has 3 aromatic rings. The monoisotopic (exact) mass is 456 g/mol. The number of carbonyl (C=O) groups is 3. The van der Waals surface area contributed by atoms with E-state index in [1.165, 1.54) is 25.3 Å². The van der Waals surface area contributed by atoms with Gasteiger partial charge in [-0.2, -0.15) is 0 Å². The molecule has 0 radical (unpaired) electrons. The van der Waals surface area contributed by atoms with Gasteiger partial charge >= 0.3 is 5.97 Å². The number of nitrogens with one attached hydrogen (secondary N) is 2. The summed E-state index contributed by atoms with van der Waals surface area (Å²) in [5.41, 5.74) is 1.17. The molecule has 7 nitrogen and oxygen atoms in total. The lowest BCUT2D eigenvalue weighted by atomic mass is 10.1. The Hall–Kier alpha value is -3.72. The topological polar surface area (TPSA) is 93.7 Å². The van der Waals surface area contributed by atoms with Gasteiger partial charge in [-0.1, -0.05) is 24.3 Å². The van der Waals surface area contributed by atoms with Crippen LogP contribution in [-0.2, 0) is 16.0 Å². The quantitative estimate of drug-likeness (QED) is 0.513. The minimum atomic E-state index is -0.691. The van der Waals surface area contributed by atoms with E-state index in [0.29, 0.717) is 11.3 Å². The highest BCUT2D eigenvalue weighted by Crippen LogP contribution is 2.34. The van der Waals surface area contributed by atoms with E-state index >= 15 is 0 Å². The molecule has 2 N–H and O–H groups in total. The van der Waals surface area contributed by atoms with Gasteiger partial charge in [0.15, 0.2) is 0 Å². The molecule has 0 spiro atoms. The Bertz CT molecular complexity index is 1160. The van der Waals surface area contributed by atoms with Crippen LogP contribution in [0.2, 0.25) is 0 Å². The summed E-state index contributed by atoms with van der Waals surface area (Å²) in [7, 11) is 2.76. The number of halogens is 1. The molecular weight excluding hydrogens is 435 g/mol. The molecule has 0 fully saturated rings. The molecule has 166 valence electrons. The van der Waals surface area contributed by atoms with Crippen LogP contribution < -0.4 is 15.4 Å². The fraction of sp³-hybridized carbons (Fsp3) is 0.174. The van der Waals surface area contributed by atoms with Gasteiger partial charge in [0.2, 0.25) is 5.91 Å². The standard InChI is InChI=1S/C23H21FN2O5S/c1-13-19(23(29)31-3)22(26-18(27)12-14-8-10-15(30-2)11-9-14)32-20(13)21(28)25-17-7-5-4-6-16(17)24/h4-11H,12H2,1-3H3,(H,25,28)(H,26,27). The third-order valence-electron chi connectivity index (χ3n) is 4.64. The highest BCUT2D eigenvalue weighted by atomic mass is 32.1. The third-order valence-corrected chi connectivity index (χ3v) is 5.85. The van der Waals surface area contributed by atoms with Crippen LogP contribution in [0.25, 0.3) is 0 Å². The first kappa shape index (κ1) is 23.0. The lowest BCUT2D eigenvalue weighted by Gasteiger charge is -2.07. The molecule has 0 atom stereocenters. The number of hydrogen-bond acceptors (Lipinski definition) is 6. The number of anilines is 2. The minimum Gasteiger partial charge on any atom is -0.497 e. The summed E-state index contributed by atoms with van der Waals surface area (Å²) in [4.78, 5) is 37.8. The Labute approximate surface area is 188 Å². The normalized spacial score (nSPS) is 10.4. The molecule has 1 aromatic heterocycles. The SMILES string of the molecule is COC(=O)c1c(NC(=O)Cc2ccc(OC)cc2)sc(C(=O)Nc2ccccc2F)c1C. The summed E-state index contributed by atoms with van der Waals surface area (Å²) < 4.78 is 23.8. The van der Waals surface area contributed by atoms with Gasteiger partial charge in [-0.25, -0.2) is 9.18 Å². The molecule has 0 saturated heterocycles. The predicted molar refractivity (Wildman–Crippen MR) is 120 cm³/mol. The van der Waals surface area contributed by atoms with Gasteiger partial charge in [0.25, 0.3) is 5.91 Å². The Kier molecular flexibility index (Phi) is 7.21. The Morgan fingerprint density at radius 2 is 1.69 bits per heavy atom. The fourth-order valence-electron chi connectivity index (χ4n) is 3.01. The van der Waals surface area contributed by atoms with Crippen LogP contribution in [0, 0.1) is 12.7 Å². The van der Waals surface area contributed by atoms with Crippen molar-refractivity contribution in [1.82, 2.24) is 0 Å². The lowest BCUT2D eigenvalue weighted by Crippen LogP contribution is -2.16. The van der Waals surface area contributed by atoms with E-state index in [2.05, 4.69) is 10.6 Å². The zero-order valence-corrected chi connectivity index (χ0v) is 18.5. The van der Waals surface area contributed by atoms with Crippen molar-refractivity contribution in [2.45, 2.75) is 13.3 Å². The van der Waals surface area contributed by atoms with E-state index in [0.717, 1.165) is 16.9 Å². The van der Waals surface area contributed by atoms with E-state index in [4.69, 9.17) is 9.47 Å². The second-order valence-electron chi connectivity index (χ2n) is 6.76. The van der Waals surface area contributed by atoms with Gasteiger partial charge in [0, 0.05) is 0 Å². The minimum absolute atomic E-state index is 0.00927. The molecule has 0 aliphatic heterocycles. The number of para-hydroxylation sites is 1. The van der Waals surface area contributed by atoms with Gasteiger partial charge in [0.1, 0.15) is 16.6 Å². The third kappa shape index (κ3) is 5.12. The molecular formula is C23H21FN2O5S. The molecule has 9 heteroatoms. The molecule has 0 bridgehead atoms. The van der Waals surface area contributed by atoms with Gasteiger partial charge in [-0.05, 0) is 42.3 Å². The molecule has 0 aliphatic rings. The van der Waals surface area contributed by atoms with Crippen LogP contribution in [-0.4, -0.2) is 32.0 Å². The average molecular weight is 456 g/mol. The first-order valence-corrected chi connectivity index (χ1v) is 10.4. The number of amides is 2. The number of rotatable bonds is 7. The van der Waals surface area contributed by atoms with Crippen molar-refractivity contribution in [1.29, 1.82) is 0 Å². The smallest absolute Gasteiger partial charge is 0.341 e. The summed E-state index contributed by atoms with van der Waals surface area (Å²) in [6.07, 6.45) is 0.0539. The Balaban J connectivity index is 1.84. The molecule has 32 heavy (non-hydrogen) atoms. The van der Waals surface area contributed by atoms with Gasteiger partial charge in [-0.15, -0.1) is 11.3 Å². The second-order valence-corrected chi connectivity index (χ2v) is 7.78. The lowest BCUT2D eigenvalue weighted by molar-refractivity contribution is -0.115. The van der Waals surface area contributed by atoms with Crippen LogP contribution >= 0.6 is 11.3 Å². The summed E-state index contributed by atoms with van der Waals surface area (Å²) >= 11 is 0.921. The maximum Gasteiger partial charge on any atom is 0.341 e. The van der Waals surface area contributed by atoms with Crippen LogP contribution in [0.5, 0.6) is 5.75 Å². The van der Waals surface area contributed by atoms with E-state index in [1.54, 1.807) is 44.4 Å². The van der Waals surface area contributed by atoms with Crippen molar-refractivity contribution in [3.05, 3.63) is 75.9 Å². The number of hydrogen-bond donors (Lipinski definition) is 2. The highest BCUT2D eigenvalue weighted by Gasteiger charge is 2.26. The number of thiophene rings is 1. The molecule has 0 saturated carbocycles. The molecule has 0 aliphatic carbocycles. The summed E-state index contributed by atoms with van der Waals surface area (Å²) in [5.74, 6) is -1.58. The van der Waals surface area contributed by atoms with Crippen molar-refractivity contribution >= 4 is 39.8 Å². The fourth-order valence-corrected chi connectivity index (χ4v) is 4.11. The summed E-state index contributed by atoms with van der Waals surface area (Å²) in [6.45, 7) is 1.57. The molecule has 3 rings (SSSR count). The maximum atomic E-state index is 13.9. The van der Waals surface area contributed by atoms with Crippen LogP contribution in [0.15, 0.2) is 48.5 Å². The highest BCUT2D eigenvalue weighted by molar-refractivity contribution is 7.18. The van der Waals surface area contributed by atoms with Crippen molar-refractivity contribution in [3.63, 3.8) is 0 Å². The van der Waals surface area contributed by atoms with Crippen molar-refractivity contribution in [3.8, 4) is 5.75 Å². The van der Waals surface area contributed by atoms with E-state index in [1.807, 2.05) is 0 Å². The number of carbonyl (C=O) groups excluding carboxylic acids is 3. The first-order chi connectivity index (χ1) is 15.3. The van der Waals surface area contributed by atoms with Crippen molar-refractivity contribution < 1.29 is 28.2 Å². The van der Waals surface area contributed by atoms with Gasteiger partial charge < -0.3 is 20.1 Å². The van der Waals surface area contributed by atoms with Crippen molar-refractivity contribution in [2.75, 3.05) is 24.9 Å². The Morgan fingerprint density at radius 3 is 2.31 bits per heavy atom. The average Bonchev–Trinajstić information content (AvgIpc) is 3.10. The van der Waals surface area contributed by atoms with E-state index < -0.39 is 17.7 Å². The predicted octanol–water partition coefficient (Wildman–Crippen LogP) is 4.42. The first-order valence-electron chi connectivity index (χ1n) is 9.54. The van der Waals surface area contributed by atoms with E-state index in [9.17, 15) is 18.8 Å². The molecule has 1 heterocycles. The number of ether oxygens (including phenoxy) is 2. The van der Waals surface area contributed by atoms with Crippen molar-refractivity contribution in [2.24, 2.45) is 0 Å². The second kappa shape index (κ2) is 10.1. The molecule has 2 amide bonds. The zero-order valence-electron chi connectivity index (χ0n) is 17.7. The number of methoxy groups -OCH3 is 2. The van der Waals surface area contributed by atoms with Gasteiger partial charge in [-0.3, -0.25) is 9.59 Å². The summed E-state index contributed by atoms with van der Waals surface area (Å²) in [6, 6.07) is 12.7. The summed E-state index contributed by atoms with van der Waals surface area (Å²) in [5, 5.41) is 5.36. The largest absolute Gasteiger partial charge is 0.497 e. The number of benzene rings is 2. The molecule has 2 aromatic carbocycles. The number of esters is 1. The van der Waals surface area contributed by atoms with Crippen LogP contribution in [0.4, 0.5) is 15.1 Å². The van der Waals surface area contributed by atoms with Gasteiger partial charge in [0.05, 0.1) is 36.8 Å². The van der Waals surface area contributed by atoms with E-state index in [-0.39, 0.29) is 33.5 Å². The van der Waals surface area contributed by atoms with Crippen LogP contribution in [0.1, 0.15) is 31.2 Å². The maximum absolute atomic E-state index is 13.9.